The van der Waals surface area contributed by atoms with Gasteiger partial charge in [-0.1, -0.05) is 19.1 Å². The van der Waals surface area contributed by atoms with E-state index >= 15 is 0 Å². The number of aromatic hydroxyl groups is 1. The minimum atomic E-state index is 0.111. The number of benzene rings is 1. The van der Waals surface area contributed by atoms with Gasteiger partial charge in [-0.2, -0.15) is 0 Å². The molecule has 26 heavy (non-hydrogen) atoms. The van der Waals surface area contributed by atoms with E-state index in [-0.39, 0.29) is 17.6 Å². The Bertz CT molecular complexity index is 676. The van der Waals surface area contributed by atoms with Gasteiger partial charge >= 0.3 is 0 Å². The van der Waals surface area contributed by atoms with E-state index in [0.29, 0.717) is 29.2 Å². The topological polar surface area (TPSA) is 132 Å². The second-order valence-electron chi connectivity index (χ2n) is 6.41. The van der Waals surface area contributed by atoms with Gasteiger partial charge in [-0.3, -0.25) is 5.41 Å². The molecule has 1 fully saturated rings. The Hall–Kier alpha value is -2.67. The van der Waals surface area contributed by atoms with Gasteiger partial charge in [-0.15, -0.1) is 0 Å². The number of hydrogen-bond donors (Lipinski definition) is 7. The van der Waals surface area contributed by atoms with E-state index in [1.54, 1.807) is 24.3 Å². The summed E-state index contributed by atoms with van der Waals surface area (Å²) in [5, 5.41) is 28.0. The number of phenolic OH excluding ortho intramolecular Hbond substituents is 1. The first-order valence-electron chi connectivity index (χ1n) is 9.08. The maximum Gasteiger partial charge on any atom is 0.143 e. The van der Waals surface area contributed by atoms with Crippen molar-refractivity contribution < 1.29 is 5.11 Å². The van der Waals surface area contributed by atoms with E-state index in [4.69, 9.17) is 16.9 Å². The van der Waals surface area contributed by atoms with Gasteiger partial charge in [0.05, 0.1) is 11.4 Å². The molecule has 0 bridgehead atoms. The molecular formula is C19H30N6O. The summed E-state index contributed by atoms with van der Waals surface area (Å²) in [7, 11) is 0. The Balaban J connectivity index is 2.31. The van der Waals surface area contributed by atoms with Gasteiger partial charge < -0.3 is 32.5 Å². The minimum absolute atomic E-state index is 0.111. The summed E-state index contributed by atoms with van der Waals surface area (Å²) in [6.07, 6.45) is 4.55. The van der Waals surface area contributed by atoms with E-state index < -0.39 is 0 Å². The van der Waals surface area contributed by atoms with Crippen LogP contribution in [0.2, 0.25) is 0 Å². The highest BCUT2D eigenvalue weighted by Gasteiger charge is 2.16. The van der Waals surface area contributed by atoms with Crippen molar-refractivity contribution in [3.05, 3.63) is 47.3 Å². The Morgan fingerprint density at radius 1 is 1.31 bits per heavy atom. The number of nitrogens with one attached hydrogen (secondary N) is 4. The number of rotatable bonds is 7. The van der Waals surface area contributed by atoms with Crippen LogP contribution in [0.1, 0.15) is 31.7 Å². The fourth-order valence-electron chi connectivity index (χ4n) is 2.81. The van der Waals surface area contributed by atoms with Gasteiger partial charge in [-0.05, 0) is 50.6 Å². The quantitative estimate of drug-likeness (QED) is 0.222. The molecule has 1 heterocycles. The van der Waals surface area contributed by atoms with Crippen molar-refractivity contribution in [3.8, 4) is 5.75 Å². The molecule has 0 saturated carbocycles. The van der Waals surface area contributed by atoms with Gasteiger partial charge in [-0.25, -0.2) is 0 Å². The maximum atomic E-state index is 10.0. The van der Waals surface area contributed by atoms with Crippen molar-refractivity contribution in [2.75, 3.05) is 19.6 Å². The van der Waals surface area contributed by atoms with E-state index in [9.17, 15) is 5.11 Å². The molecule has 1 aromatic rings. The minimum Gasteiger partial charge on any atom is -0.507 e. The first-order valence-corrected chi connectivity index (χ1v) is 9.08. The van der Waals surface area contributed by atoms with Crippen LogP contribution >= 0.6 is 0 Å². The van der Waals surface area contributed by atoms with Crippen LogP contribution in [-0.4, -0.2) is 36.6 Å². The molecule has 2 rings (SSSR count). The molecule has 1 saturated heterocycles. The number of amidine groups is 1. The van der Waals surface area contributed by atoms with Crippen LogP contribution in [0.4, 0.5) is 0 Å². The third-order valence-electron chi connectivity index (χ3n) is 4.32. The highest BCUT2D eigenvalue weighted by Crippen LogP contribution is 2.22. The third kappa shape index (κ3) is 5.42. The standard InChI is InChI=1S/C19H30N6O/c1-2-9-24-19(22)18(21)16(25-13-7-10-23-11-8-13)12-15(20)14-5-3-4-6-17(14)26/h3-6,12-13,23,25-26H,2,7-11,20-21H2,1H3,(H2,22,24)/b15-12-,18-16+. The average Bonchev–Trinajstić information content (AvgIpc) is 2.66. The largest absolute Gasteiger partial charge is 0.507 e. The van der Waals surface area contributed by atoms with Crippen LogP contribution in [0.25, 0.3) is 5.70 Å². The van der Waals surface area contributed by atoms with E-state index in [1.807, 2.05) is 13.0 Å². The van der Waals surface area contributed by atoms with Crippen LogP contribution < -0.4 is 27.4 Å². The van der Waals surface area contributed by atoms with Gasteiger partial charge in [0.25, 0.3) is 0 Å². The smallest absolute Gasteiger partial charge is 0.143 e. The molecule has 7 nitrogen and oxygen atoms in total. The molecule has 0 spiro atoms. The maximum absolute atomic E-state index is 10.0. The molecule has 9 N–H and O–H groups in total. The lowest BCUT2D eigenvalue weighted by atomic mass is 10.0. The summed E-state index contributed by atoms with van der Waals surface area (Å²) in [5.41, 5.74) is 14.3. The molecule has 1 aromatic carbocycles. The first-order chi connectivity index (χ1) is 12.5. The monoisotopic (exact) mass is 358 g/mol. The predicted molar refractivity (Wildman–Crippen MR) is 107 cm³/mol. The lowest BCUT2D eigenvalue weighted by Crippen LogP contribution is -2.41. The molecule has 0 unspecified atom stereocenters. The zero-order valence-electron chi connectivity index (χ0n) is 15.3. The molecule has 142 valence electrons. The van der Waals surface area contributed by atoms with Crippen molar-refractivity contribution in [3.63, 3.8) is 0 Å². The highest BCUT2D eigenvalue weighted by atomic mass is 16.3. The van der Waals surface area contributed by atoms with Crippen LogP contribution in [-0.2, 0) is 0 Å². The molecule has 0 aliphatic carbocycles. The van der Waals surface area contributed by atoms with Crippen LogP contribution in [0.15, 0.2) is 41.7 Å². The average molecular weight is 358 g/mol. The number of allylic oxidation sites excluding steroid dienone is 1. The zero-order valence-corrected chi connectivity index (χ0v) is 15.3. The number of phenols is 1. The SMILES string of the molecule is CCCNC(=N)/C(N)=C(/C=C(\N)c1ccccc1O)NC1CCNCC1. The van der Waals surface area contributed by atoms with E-state index in [1.165, 1.54) is 0 Å². The fraction of sp³-hybridized carbons (Fsp3) is 0.421. The van der Waals surface area contributed by atoms with Gasteiger partial charge in [0, 0.05) is 23.8 Å². The van der Waals surface area contributed by atoms with Crippen molar-refractivity contribution >= 4 is 11.5 Å². The summed E-state index contributed by atoms with van der Waals surface area (Å²) in [6, 6.07) is 7.16. The van der Waals surface area contributed by atoms with Gasteiger partial charge in [0.2, 0.25) is 0 Å². The predicted octanol–water partition coefficient (Wildman–Crippen LogP) is 1.18. The third-order valence-corrected chi connectivity index (χ3v) is 4.32. The molecule has 0 amide bonds. The number of piperidine rings is 1. The van der Waals surface area contributed by atoms with Crippen LogP contribution in [0, 0.1) is 5.41 Å². The summed E-state index contributed by atoms with van der Waals surface area (Å²) < 4.78 is 0. The van der Waals surface area contributed by atoms with Gasteiger partial charge in [0.15, 0.2) is 0 Å². The van der Waals surface area contributed by atoms with Crippen molar-refractivity contribution in [2.45, 2.75) is 32.2 Å². The molecular weight excluding hydrogens is 328 g/mol. The first kappa shape index (κ1) is 19.7. The Kier molecular flexibility index (Phi) is 7.35. The Labute approximate surface area is 155 Å². The summed E-state index contributed by atoms with van der Waals surface area (Å²) in [5.74, 6) is 0.282. The van der Waals surface area contributed by atoms with Gasteiger partial charge in [0.1, 0.15) is 11.6 Å². The number of para-hydroxylation sites is 1. The Morgan fingerprint density at radius 3 is 2.65 bits per heavy atom. The van der Waals surface area contributed by atoms with Crippen LogP contribution in [0.5, 0.6) is 5.75 Å². The molecule has 1 aliphatic rings. The van der Waals surface area contributed by atoms with Crippen molar-refractivity contribution in [1.82, 2.24) is 16.0 Å². The molecule has 1 aliphatic heterocycles. The van der Waals surface area contributed by atoms with E-state index in [0.717, 1.165) is 32.4 Å². The summed E-state index contributed by atoms with van der Waals surface area (Å²) in [4.78, 5) is 0. The van der Waals surface area contributed by atoms with E-state index in [2.05, 4.69) is 16.0 Å². The molecule has 0 aromatic heterocycles. The second kappa shape index (κ2) is 9.72. The Morgan fingerprint density at radius 2 is 2.00 bits per heavy atom. The molecule has 7 heteroatoms. The lowest BCUT2D eigenvalue weighted by Gasteiger charge is -2.26. The zero-order chi connectivity index (χ0) is 18.9. The van der Waals surface area contributed by atoms with Crippen molar-refractivity contribution in [2.24, 2.45) is 11.5 Å². The lowest BCUT2D eigenvalue weighted by molar-refractivity contribution is 0.414. The number of nitrogens with two attached hydrogens (primary N) is 2. The highest BCUT2D eigenvalue weighted by molar-refractivity contribution is 5.96. The van der Waals surface area contributed by atoms with Crippen LogP contribution in [0.3, 0.4) is 0 Å². The fourth-order valence-corrected chi connectivity index (χ4v) is 2.81. The molecule has 0 radical (unpaired) electrons. The van der Waals surface area contributed by atoms with Crippen molar-refractivity contribution in [1.29, 1.82) is 5.41 Å². The normalized spacial score (nSPS) is 16.7. The number of hydrogen-bond acceptors (Lipinski definition) is 6. The molecule has 0 atom stereocenters. The summed E-state index contributed by atoms with van der Waals surface area (Å²) >= 11 is 0. The summed E-state index contributed by atoms with van der Waals surface area (Å²) in [6.45, 7) is 4.59. The second-order valence-corrected chi connectivity index (χ2v) is 6.41.